The van der Waals surface area contributed by atoms with Crippen LogP contribution in [0.2, 0.25) is 0 Å². The van der Waals surface area contributed by atoms with Gasteiger partial charge in [-0.1, -0.05) is 6.07 Å². The molecule has 33 heavy (non-hydrogen) atoms. The molecular formula is C26H27N3O4. The van der Waals surface area contributed by atoms with Crippen molar-refractivity contribution in [2.45, 2.75) is 50.9 Å². The predicted molar refractivity (Wildman–Crippen MR) is 122 cm³/mol. The molecule has 1 aromatic carbocycles. The lowest BCUT2D eigenvalue weighted by Gasteiger charge is -2.50. The summed E-state index contributed by atoms with van der Waals surface area (Å²) >= 11 is 0. The van der Waals surface area contributed by atoms with Gasteiger partial charge in [-0.2, -0.15) is 0 Å². The highest BCUT2D eigenvalue weighted by atomic mass is 16.7. The molecule has 1 N–H and O–H groups in total. The highest BCUT2D eigenvalue weighted by Gasteiger charge is 2.55. The van der Waals surface area contributed by atoms with E-state index in [0.717, 1.165) is 84.2 Å². The number of ether oxygens (including phenoxy) is 3. The fraction of sp³-hybridized carbons (Fsp3) is 0.423. The molecule has 0 amide bonds. The van der Waals surface area contributed by atoms with E-state index in [-0.39, 0.29) is 23.6 Å². The molecule has 3 saturated carbocycles. The number of aryl methyl sites for hydroxylation is 1. The number of nitrogens with zero attached hydrogens (tertiary/aromatic N) is 2. The largest absolute Gasteiger partial charge is 0.469 e. The molecule has 0 unspecified atom stereocenters. The standard InChI is InChI=1S/C26H27N3O4/c1-16-4-3-5-18(27-16)22-21(17-6-7-19-20(14-17)33-15-32-19)28-23(29-22)25-8-11-26(12-9-25,13-10-25)24(30)31-2/h3-7,14H,8-13,15H2,1-2H3,(H,28,29). The van der Waals surface area contributed by atoms with Gasteiger partial charge in [0.25, 0.3) is 0 Å². The SMILES string of the molecule is COC(=O)C12CCC(c3nc(-c4ccc5c(c4)OCO5)c(-c4cccc(C)n4)[nH]3)(CC1)CC2. The molecule has 4 aliphatic rings. The van der Waals surface area contributed by atoms with E-state index in [1.54, 1.807) is 0 Å². The molecule has 170 valence electrons. The monoisotopic (exact) mass is 445 g/mol. The second-order valence-electron chi connectivity index (χ2n) is 9.59. The normalized spacial score (nSPS) is 25.3. The van der Waals surface area contributed by atoms with Gasteiger partial charge in [0.15, 0.2) is 11.5 Å². The van der Waals surface area contributed by atoms with Crippen LogP contribution in [0.15, 0.2) is 36.4 Å². The number of nitrogens with one attached hydrogen (secondary N) is 1. The van der Waals surface area contributed by atoms with E-state index in [9.17, 15) is 4.79 Å². The van der Waals surface area contributed by atoms with Crippen molar-refractivity contribution in [1.29, 1.82) is 0 Å². The molecule has 3 aliphatic carbocycles. The Morgan fingerprint density at radius 3 is 2.48 bits per heavy atom. The first-order valence-corrected chi connectivity index (χ1v) is 11.5. The third-order valence-corrected chi connectivity index (χ3v) is 7.86. The Labute approximate surface area is 192 Å². The Kier molecular flexibility index (Phi) is 4.50. The van der Waals surface area contributed by atoms with Gasteiger partial charge in [-0.05, 0) is 75.8 Å². The van der Waals surface area contributed by atoms with Crippen molar-refractivity contribution < 1.29 is 19.0 Å². The third kappa shape index (κ3) is 3.13. The zero-order valence-corrected chi connectivity index (χ0v) is 18.9. The number of rotatable bonds is 4. The number of hydrogen-bond acceptors (Lipinski definition) is 6. The summed E-state index contributed by atoms with van der Waals surface area (Å²) in [6, 6.07) is 12.0. The van der Waals surface area contributed by atoms with E-state index in [0.29, 0.717) is 0 Å². The molecule has 1 aliphatic heterocycles. The maximum Gasteiger partial charge on any atom is 0.311 e. The summed E-state index contributed by atoms with van der Waals surface area (Å²) in [6.07, 6.45) is 5.32. The molecule has 0 radical (unpaired) electrons. The minimum absolute atomic E-state index is 0.0526. The predicted octanol–water partition coefficient (Wildman–Crippen LogP) is 4.94. The van der Waals surface area contributed by atoms with Crippen molar-refractivity contribution >= 4 is 5.97 Å². The fourth-order valence-electron chi connectivity index (χ4n) is 5.81. The van der Waals surface area contributed by atoms with Crippen LogP contribution >= 0.6 is 0 Å². The minimum Gasteiger partial charge on any atom is -0.469 e. The van der Waals surface area contributed by atoms with Crippen LogP contribution in [0.1, 0.15) is 50.0 Å². The lowest BCUT2D eigenvalue weighted by Crippen LogP contribution is -2.48. The number of carbonyl (C=O) groups excluding carboxylic acids is 1. The quantitative estimate of drug-likeness (QED) is 0.573. The van der Waals surface area contributed by atoms with Crippen molar-refractivity contribution in [3.8, 4) is 34.1 Å². The van der Waals surface area contributed by atoms with E-state index in [4.69, 9.17) is 24.2 Å². The number of esters is 1. The topological polar surface area (TPSA) is 86.3 Å². The number of aromatic amines is 1. The maximum absolute atomic E-state index is 12.5. The Morgan fingerprint density at radius 2 is 1.76 bits per heavy atom. The summed E-state index contributed by atoms with van der Waals surface area (Å²) in [5.41, 5.74) is 4.20. The molecule has 0 spiro atoms. The zero-order chi connectivity index (χ0) is 22.6. The molecular weight excluding hydrogens is 418 g/mol. The Hall–Kier alpha value is -3.35. The zero-order valence-electron chi connectivity index (χ0n) is 18.9. The van der Waals surface area contributed by atoms with Crippen molar-refractivity contribution in [2.24, 2.45) is 5.41 Å². The summed E-state index contributed by atoms with van der Waals surface area (Å²) in [5.74, 6) is 2.42. The highest BCUT2D eigenvalue weighted by Crippen LogP contribution is 2.58. The summed E-state index contributed by atoms with van der Waals surface area (Å²) in [6.45, 7) is 2.23. The van der Waals surface area contributed by atoms with Crippen LogP contribution in [0.5, 0.6) is 11.5 Å². The van der Waals surface area contributed by atoms with E-state index < -0.39 is 0 Å². The van der Waals surface area contributed by atoms with Gasteiger partial charge in [0.1, 0.15) is 5.82 Å². The molecule has 7 nitrogen and oxygen atoms in total. The van der Waals surface area contributed by atoms with Gasteiger partial charge >= 0.3 is 5.97 Å². The van der Waals surface area contributed by atoms with Gasteiger partial charge in [-0.15, -0.1) is 0 Å². The average Bonchev–Trinajstić information content (AvgIpc) is 3.52. The average molecular weight is 446 g/mol. The van der Waals surface area contributed by atoms with Gasteiger partial charge < -0.3 is 19.2 Å². The summed E-state index contributed by atoms with van der Waals surface area (Å²) in [7, 11) is 1.50. The molecule has 7 rings (SSSR count). The molecule has 2 aromatic heterocycles. The lowest BCUT2D eigenvalue weighted by atomic mass is 9.53. The summed E-state index contributed by atoms with van der Waals surface area (Å²) in [4.78, 5) is 26.1. The molecule has 2 bridgehead atoms. The highest BCUT2D eigenvalue weighted by molar-refractivity contribution is 5.79. The number of fused-ring (bicyclic) bond motifs is 4. The van der Waals surface area contributed by atoms with Crippen LogP contribution in [0.4, 0.5) is 0 Å². The Morgan fingerprint density at radius 1 is 1.00 bits per heavy atom. The molecule has 3 heterocycles. The lowest BCUT2D eigenvalue weighted by molar-refractivity contribution is -0.160. The van der Waals surface area contributed by atoms with Crippen molar-refractivity contribution in [1.82, 2.24) is 15.0 Å². The van der Waals surface area contributed by atoms with Gasteiger partial charge in [0, 0.05) is 16.7 Å². The Bertz CT molecular complexity index is 1220. The van der Waals surface area contributed by atoms with Crippen LogP contribution in [0.3, 0.4) is 0 Å². The Balaban J connectivity index is 1.43. The number of imidazole rings is 1. The summed E-state index contributed by atoms with van der Waals surface area (Å²) < 4.78 is 16.3. The van der Waals surface area contributed by atoms with E-state index in [1.165, 1.54) is 7.11 Å². The number of aromatic nitrogens is 3. The summed E-state index contributed by atoms with van der Waals surface area (Å²) in [5, 5.41) is 0. The first kappa shape index (κ1) is 20.3. The number of H-pyrrole nitrogens is 1. The second kappa shape index (κ2) is 7.33. The van der Waals surface area contributed by atoms with Crippen LogP contribution < -0.4 is 9.47 Å². The van der Waals surface area contributed by atoms with E-state index in [1.807, 2.05) is 43.3 Å². The van der Waals surface area contributed by atoms with Crippen LogP contribution in [-0.4, -0.2) is 34.8 Å². The van der Waals surface area contributed by atoms with E-state index in [2.05, 4.69) is 4.98 Å². The maximum atomic E-state index is 12.5. The van der Waals surface area contributed by atoms with E-state index >= 15 is 0 Å². The fourth-order valence-corrected chi connectivity index (χ4v) is 5.81. The smallest absolute Gasteiger partial charge is 0.311 e. The number of hydrogen-bond donors (Lipinski definition) is 1. The van der Waals surface area contributed by atoms with Gasteiger partial charge in [-0.3, -0.25) is 9.78 Å². The molecule has 3 aromatic rings. The molecule has 0 atom stereocenters. The number of pyridine rings is 1. The van der Waals surface area contributed by atoms with Gasteiger partial charge in [-0.25, -0.2) is 4.98 Å². The van der Waals surface area contributed by atoms with Gasteiger partial charge in [0.05, 0.1) is 29.6 Å². The van der Waals surface area contributed by atoms with Crippen LogP contribution in [0, 0.1) is 12.3 Å². The first-order chi connectivity index (χ1) is 16.0. The number of benzene rings is 1. The first-order valence-electron chi connectivity index (χ1n) is 11.5. The van der Waals surface area contributed by atoms with Crippen molar-refractivity contribution in [2.75, 3.05) is 13.9 Å². The number of carbonyl (C=O) groups is 1. The third-order valence-electron chi connectivity index (χ3n) is 7.86. The minimum atomic E-state index is -0.315. The van der Waals surface area contributed by atoms with Crippen LogP contribution in [-0.2, 0) is 14.9 Å². The molecule has 7 heteroatoms. The molecule has 0 saturated heterocycles. The van der Waals surface area contributed by atoms with Crippen LogP contribution in [0.25, 0.3) is 22.6 Å². The number of methoxy groups -OCH3 is 1. The van der Waals surface area contributed by atoms with Crippen molar-refractivity contribution in [3.05, 3.63) is 47.9 Å². The van der Waals surface area contributed by atoms with Gasteiger partial charge in [0.2, 0.25) is 6.79 Å². The second-order valence-corrected chi connectivity index (χ2v) is 9.59. The molecule has 3 fully saturated rings. The van der Waals surface area contributed by atoms with Crippen molar-refractivity contribution in [3.63, 3.8) is 0 Å².